The van der Waals surface area contributed by atoms with Crippen molar-refractivity contribution in [3.63, 3.8) is 0 Å². The third kappa shape index (κ3) is 2.92. The van der Waals surface area contributed by atoms with E-state index in [-0.39, 0.29) is 0 Å². The third-order valence-electron chi connectivity index (χ3n) is 2.25. The molecule has 18 heavy (non-hydrogen) atoms. The molecule has 0 aliphatic rings. The van der Waals surface area contributed by atoms with E-state index in [1.807, 2.05) is 0 Å². The van der Waals surface area contributed by atoms with Crippen LogP contribution in [0.2, 0.25) is 0 Å². The fourth-order valence-electron chi connectivity index (χ4n) is 1.40. The first-order valence-electron chi connectivity index (χ1n) is 5.13. The van der Waals surface area contributed by atoms with Gasteiger partial charge in [0.15, 0.2) is 0 Å². The molecule has 92 valence electrons. The second kappa shape index (κ2) is 4.57. The van der Waals surface area contributed by atoms with Crippen molar-refractivity contribution in [3.05, 3.63) is 53.3 Å². The molecular formula is C13H9F3N2. The number of rotatable bonds is 0. The summed E-state index contributed by atoms with van der Waals surface area (Å²) in [5.74, 6) is 5.44. The fourth-order valence-corrected chi connectivity index (χ4v) is 1.40. The van der Waals surface area contributed by atoms with Gasteiger partial charge < -0.3 is 0 Å². The van der Waals surface area contributed by atoms with Crippen LogP contribution in [0.15, 0.2) is 36.7 Å². The fraction of sp³-hybridized carbons (Fsp3) is 0.154. The van der Waals surface area contributed by atoms with Crippen LogP contribution >= 0.6 is 0 Å². The highest BCUT2D eigenvalue weighted by Gasteiger charge is 2.30. The molecule has 0 fully saturated rings. The molecule has 0 spiro atoms. The van der Waals surface area contributed by atoms with Crippen LogP contribution in [0.3, 0.4) is 0 Å². The molecule has 0 radical (unpaired) electrons. The molecular weight excluding hydrogens is 241 g/mol. The summed E-state index contributed by atoms with van der Waals surface area (Å²) in [4.78, 5) is 0. The minimum absolute atomic E-state index is 0.327. The van der Waals surface area contributed by atoms with Crippen molar-refractivity contribution in [1.82, 2.24) is 9.78 Å². The van der Waals surface area contributed by atoms with E-state index in [1.165, 1.54) is 6.07 Å². The Labute approximate surface area is 102 Å². The summed E-state index contributed by atoms with van der Waals surface area (Å²) in [7, 11) is 1.75. The number of aromatic nitrogens is 2. The Balaban J connectivity index is 2.28. The molecule has 1 aromatic carbocycles. The average molecular weight is 250 g/mol. The minimum atomic E-state index is -4.34. The number of nitrogens with zero attached hydrogens (tertiary/aromatic N) is 2. The molecule has 0 aliphatic heterocycles. The second-order valence-electron chi connectivity index (χ2n) is 3.73. The lowest BCUT2D eigenvalue weighted by atomic mass is 10.1. The number of halogens is 3. The van der Waals surface area contributed by atoms with E-state index >= 15 is 0 Å². The van der Waals surface area contributed by atoms with Gasteiger partial charge in [0.25, 0.3) is 0 Å². The van der Waals surface area contributed by atoms with Gasteiger partial charge in [-0.1, -0.05) is 17.9 Å². The zero-order valence-corrected chi connectivity index (χ0v) is 9.49. The van der Waals surface area contributed by atoms with Crippen molar-refractivity contribution in [2.24, 2.45) is 7.05 Å². The average Bonchev–Trinajstić information content (AvgIpc) is 2.72. The summed E-state index contributed by atoms with van der Waals surface area (Å²) in [5.41, 5.74) is 0.295. The summed E-state index contributed by atoms with van der Waals surface area (Å²) in [6.45, 7) is 0. The lowest BCUT2D eigenvalue weighted by molar-refractivity contribution is -0.137. The second-order valence-corrected chi connectivity index (χ2v) is 3.73. The molecule has 1 heterocycles. The van der Waals surface area contributed by atoms with Gasteiger partial charge in [-0.2, -0.15) is 18.3 Å². The molecule has 1 aromatic heterocycles. The zero-order valence-electron chi connectivity index (χ0n) is 9.49. The molecule has 0 amide bonds. The van der Waals surface area contributed by atoms with Gasteiger partial charge in [0.1, 0.15) is 0 Å². The molecule has 0 N–H and O–H groups in total. The first-order valence-corrected chi connectivity index (χ1v) is 5.13. The van der Waals surface area contributed by atoms with Crippen LogP contribution in [0.5, 0.6) is 0 Å². The summed E-state index contributed by atoms with van der Waals surface area (Å²) in [6, 6.07) is 4.94. The van der Waals surface area contributed by atoms with Gasteiger partial charge in [-0.05, 0) is 18.2 Å². The molecule has 0 bridgehead atoms. The number of benzene rings is 1. The molecule has 2 rings (SSSR count). The maximum absolute atomic E-state index is 12.5. The van der Waals surface area contributed by atoms with E-state index in [1.54, 1.807) is 30.2 Å². The van der Waals surface area contributed by atoms with Crippen molar-refractivity contribution in [2.75, 3.05) is 0 Å². The van der Waals surface area contributed by atoms with Gasteiger partial charge in [-0.15, -0.1) is 0 Å². The Morgan fingerprint density at radius 1 is 1.17 bits per heavy atom. The Morgan fingerprint density at radius 2 is 1.89 bits per heavy atom. The largest absolute Gasteiger partial charge is 0.416 e. The predicted molar refractivity (Wildman–Crippen MR) is 60.6 cm³/mol. The van der Waals surface area contributed by atoms with Crippen LogP contribution < -0.4 is 0 Å². The van der Waals surface area contributed by atoms with Gasteiger partial charge in [-0.25, -0.2) is 0 Å². The molecule has 2 nitrogen and oxygen atoms in total. The monoisotopic (exact) mass is 250 g/mol. The van der Waals surface area contributed by atoms with Gasteiger partial charge in [-0.3, -0.25) is 4.68 Å². The van der Waals surface area contributed by atoms with Crippen LogP contribution in [-0.4, -0.2) is 9.78 Å². The number of hydrogen-bond donors (Lipinski definition) is 0. The quantitative estimate of drug-likeness (QED) is 0.657. The zero-order chi connectivity index (χ0) is 13.2. The van der Waals surface area contributed by atoms with Gasteiger partial charge in [0, 0.05) is 18.8 Å². The van der Waals surface area contributed by atoms with Crippen molar-refractivity contribution >= 4 is 0 Å². The first-order chi connectivity index (χ1) is 8.45. The Morgan fingerprint density at radius 3 is 2.50 bits per heavy atom. The Hall–Kier alpha value is -2.22. The highest BCUT2D eigenvalue weighted by molar-refractivity contribution is 5.43. The van der Waals surface area contributed by atoms with Crippen LogP contribution in [0.4, 0.5) is 13.2 Å². The standard InChI is InChI=1S/C13H9F3N2/c1-18-9-11(8-17-18)6-5-10-3-2-4-12(7-10)13(14,15)16/h2-4,7-9H,1H3. The van der Waals surface area contributed by atoms with E-state index in [4.69, 9.17) is 0 Å². The van der Waals surface area contributed by atoms with Crippen LogP contribution in [-0.2, 0) is 13.2 Å². The van der Waals surface area contributed by atoms with E-state index in [9.17, 15) is 13.2 Å². The number of hydrogen-bond acceptors (Lipinski definition) is 1. The maximum Gasteiger partial charge on any atom is 0.416 e. The number of alkyl halides is 3. The Bertz CT molecular complexity index is 615. The molecule has 5 heteroatoms. The Kier molecular flexibility index (Phi) is 3.11. The van der Waals surface area contributed by atoms with E-state index < -0.39 is 11.7 Å². The van der Waals surface area contributed by atoms with Crippen molar-refractivity contribution in [1.29, 1.82) is 0 Å². The summed E-state index contributed by atoms with van der Waals surface area (Å²) in [6.07, 6.45) is -1.09. The first kappa shape index (κ1) is 12.2. The summed E-state index contributed by atoms with van der Waals surface area (Å²) < 4.78 is 39.0. The van der Waals surface area contributed by atoms with Crippen molar-refractivity contribution < 1.29 is 13.2 Å². The third-order valence-corrected chi connectivity index (χ3v) is 2.25. The summed E-state index contributed by atoms with van der Waals surface area (Å²) in [5, 5.41) is 3.92. The van der Waals surface area contributed by atoms with Crippen LogP contribution in [0, 0.1) is 11.8 Å². The lowest BCUT2D eigenvalue weighted by Crippen LogP contribution is -2.04. The highest BCUT2D eigenvalue weighted by atomic mass is 19.4. The van der Waals surface area contributed by atoms with Crippen molar-refractivity contribution in [2.45, 2.75) is 6.18 Å². The summed E-state index contributed by atoms with van der Waals surface area (Å²) >= 11 is 0. The maximum atomic E-state index is 12.5. The van der Waals surface area contributed by atoms with Crippen LogP contribution in [0.25, 0.3) is 0 Å². The minimum Gasteiger partial charge on any atom is -0.275 e. The molecule has 0 saturated carbocycles. The molecule has 0 atom stereocenters. The predicted octanol–water partition coefficient (Wildman–Crippen LogP) is 2.84. The smallest absolute Gasteiger partial charge is 0.275 e. The molecule has 0 unspecified atom stereocenters. The van der Waals surface area contributed by atoms with E-state index in [2.05, 4.69) is 16.9 Å². The molecule has 0 saturated heterocycles. The van der Waals surface area contributed by atoms with Gasteiger partial charge in [0.2, 0.25) is 0 Å². The topological polar surface area (TPSA) is 17.8 Å². The van der Waals surface area contributed by atoms with Crippen molar-refractivity contribution in [3.8, 4) is 11.8 Å². The molecule has 2 aromatic rings. The SMILES string of the molecule is Cn1cc(C#Cc2cccc(C(F)(F)F)c2)cn1. The lowest BCUT2D eigenvalue weighted by Gasteiger charge is -2.05. The van der Waals surface area contributed by atoms with Gasteiger partial charge in [0.05, 0.1) is 17.3 Å². The van der Waals surface area contributed by atoms with Crippen LogP contribution in [0.1, 0.15) is 16.7 Å². The van der Waals surface area contributed by atoms with E-state index in [0.717, 1.165) is 12.1 Å². The number of aryl methyl sites for hydroxylation is 1. The highest BCUT2D eigenvalue weighted by Crippen LogP contribution is 2.29. The van der Waals surface area contributed by atoms with E-state index in [0.29, 0.717) is 11.1 Å². The normalized spacial score (nSPS) is 10.9. The van der Waals surface area contributed by atoms with Gasteiger partial charge >= 0.3 is 6.18 Å². The molecule has 0 aliphatic carbocycles.